The molecule has 3 heteroatoms. The van der Waals surface area contributed by atoms with Gasteiger partial charge in [0.15, 0.2) is 0 Å². The molecule has 0 aliphatic carbocycles. The van der Waals surface area contributed by atoms with Crippen molar-refractivity contribution >= 4 is 17.7 Å². The predicted molar refractivity (Wildman–Crippen MR) is 99.4 cm³/mol. The molecule has 0 saturated carbocycles. The highest BCUT2D eigenvalue weighted by atomic mass is 16.5. The Morgan fingerprint density at radius 3 is 2.50 bits per heavy atom. The van der Waals surface area contributed by atoms with Crippen LogP contribution in [0.25, 0.3) is 11.6 Å². The van der Waals surface area contributed by atoms with Crippen molar-refractivity contribution in [2.45, 2.75) is 20.0 Å². The van der Waals surface area contributed by atoms with Crippen LogP contribution in [-0.4, -0.2) is 12.6 Å². The molecule has 24 heavy (non-hydrogen) atoms. The summed E-state index contributed by atoms with van der Waals surface area (Å²) in [5.41, 5.74) is 4.32. The van der Waals surface area contributed by atoms with Crippen LogP contribution in [0, 0.1) is 0 Å². The van der Waals surface area contributed by atoms with Crippen LogP contribution in [0.1, 0.15) is 30.0 Å². The molecule has 0 atom stereocenters. The molecule has 1 N–H and O–H groups in total. The first-order chi connectivity index (χ1) is 11.6. The third-order valence-corrected chi connectivity index (χ3v) is 3.51. The normalized spacial score (nSPS) is 10.5. The fourth-order valence-corrected chi connectivity index (χ4v) is 2.13. The molecule has 0 saturated heterocycles. The van der Waals surface area contributed by atoms with Crippen molar-refractivity contribution in [2.75, 3.05) is 6.54 Å². The van der Waals surface area contributed by atoms with Gasteiger partial charge >= 0.3 is 6.09 Å². The first-order valence-electron chi connectivity index (χ1n) is 8.02. The second-order valence-electron chi connectivity index (χ2n) is 5.58. The summed E-state index contributed by atoms with van der Waals surface area (Å²) in [6, 6.07) is 17.9. The lowest BCUT2D eigenvalue weighted by molar-refractivity contribution is 0.140. The molecular formula is C21H23NO2. The van der Waals surface area contributed by atoms with E-state index in [1.54, 1.807) is 0 Å². The van der Waals surface area contributed by atoms with Gasteiger partial charge in [-0.05, 0) is 30.0 Å². The molecule has 124 valence electrons. The number of ether oxygens (including phenoxy) is 1. The molecule has 0 aromatic heterocycles. The maximum Gasteiger partial charge on any atom is 0.407 e. The Labute approximate surface area is 143 Å². The van der Waals surface area contributed by atoms with Crippen molar-refractivity contribution in [2.24, 2.45) is 0 Å². The minimum absolute atomic E-state index is 0.289. The van der Waals surface area contributed by atoms with E-state index in [9.17, 15) is 4.79 Å². The van der Waals surface area contributed by atoms with Crippen LogP contribution in [0.4, 0.5) is 4.79 Å². The summed E-state index contributed by atoms with van der Waals surface area (Å²) in [6.07, 6.45) is 4.44. The van der Waals surface area contributed by atoms with Crippen LogP contribution in [0.15, 0.2) is 67.3 Å². The van der Waals surface area contributed by atoms with Crippen molar-refractivity contribution in [3.8, 4) is 0 Å². The number of alkyl carbamates (subject to hydrolysis) is 1. The average molecular weight is 321 g/mol. The van der Waals surface area contributed by atoms with E-state index in [0.717, 1.165) is 28.7 Å². The molecule has 0 heterocycles. The van der Waals surface area contributed by atoms with Gasteiger partial charge in [-0.2, -0.15) is 0 Å². The summed E-state index contributed by atoms with van der Waals surface area (Å²) in [7, 11) is 0. The number of carbonyl (C=O) groups excluding carboxylic acids is 1. The Hall–Kier alpha value is -2.81. The number of nitrogens with one attached hydrogen (secondary N) is 1. The number of hydrogen-bond donors (Lipinski definition) is 1. The highest BCUT2D eigenvalue weighted by molar-refractivity contribution is 5.67. The Bertz CT molecular complexity index is 688. The van der Waals surface area contributed by atoms with E-state index in [-0.39, 0.29) is 6.61 Å². The van der Waals surface area contributed by atoms with Crippen molar-refractivity contribution in [3.63, 3.8) is 0 Å². The van der Waals surface area contributed by atoms with E-state index in [2.05, 4.69) is 36.2 Å². The second kappa shape index (κ2) is 9.36. The summed E-state index contributed by atoms with van der Waals surface area (Å²) in [5, 5.41) is 2.74. The number of rotatable bonds is 7. The third kappa shape index (κ3) is 6.13. The van der Waals surface area contributed by atoms with Gasteiger partial charge in [-0.3, -0.25) is 0 Å². The molecule has 3 nitrogen and oxygen atoms in total. The molecule has 0 radical (unpaired) electrons. The summed E-state index contributed by atoms with van der Waals surface area (Å²) in [5.74, 6) is 0. The monoisotopic (exact) mass is 321 g/mol. The van der Waals surface area contributed by atoms with Crippen molar-refractivity contribution in [1.82, 2.24) is 5.32 Å². The Balaban J connectivity index is 1.65. The molecule has 2 rings (SSSR count). The van der Waals surface area contributed by atoms with Crippen molar-refractivity contribution in [3.05, 3.63) is 83.9 Å². The number of carbonyl (C=O) groups is 1. The average Bonchev–Trinajstić information content (AvgIpc) is 2.61. The Morgan fingerprint density at radius 2 is 1.83 bits per heavy atom. The lowest BCUT2D eigenvalue weighted by Gasteiger charge is -2.05. The van der Waals surface area contributed by atoms with E-state index >= 15 is 0 Å². The maximum absolute atomic E-state index is 11.6. The smallest absolute Gasteiger partial charge is 0.407 e. The van der Waals surface area contributed by atoms with Gasteiger partial charge in [-0.15, -0.1) is 0 Å². The van der Waals surface area contributed by atoms with Crippen molar-refractivity contribution < 1.29 is 9.53 Å². The SMILES string of the molecule is C=C(C)c1ccc(C=CCCNC(=O)OCc2ccccc2)cc1. The summed E-state index contributed by atoms with van der Waals surface area (Å²) >= 11 is 0. The molecular weight excluding hydrogens is 298 g/mol. The number of allylic oxidation sites excluding steroid dienone is 1. The first kappa shape index (κ1) is 17.5. The van der Waals surface area contributed by atoms with Crippen LogP contribution in [0.5, 0.6) is 0 Å². The van der Waals surface area contributed by atoms with Gasteiger partial charge in [-0.25, -0.2) is 4.79 Å². The van der Waals surface area contributed by atoms with E-state index in [4.69, 9.17) is 4.74 Å². The molecule has 0 bridgehead atoms. The number of hydrogen-bond acceptors (Lipinski definition) is 2. The first-order valence-corrected chi connectivity index (χ1v) is 8.02. The zero-order valence-electron chi connectivity index (χ0n) is 14.0. The quantitative estimate of drug-likeness (QED) is 0.725. The van der Waals surface area contributed by atoms with Crippen molar-refractivity contribution in [1.29, 1.82) is 0 Å². The maximum atomic E-state index is 11.6. The summed E-state index contributed by atoms with van der Waals surface area (Å²) in [6.45, 7) is 6.75. The molecule has 2 aromatic carbocycles. The molecule has 0 aliphatic rings. The van der Waals surface area contributed by atoms with E-state index < -0.39 is 6.09 Å². The van der Waals surface area contributed by atoms with Crippen LogP contribution in [0.3, 0.4) is 0 Å². The lowest BCUT2D eigenvalue weighted by atomic mass is 10.1. The summed E-state index contributed by atoms with van der Waals surface area (Å²) < 4.78 is 5.15. The molecule has 0 fully saturated rings. The van der Waals surface area contributed by atoms with Crippen LogP contribution in [-0.2, 0) is 11.3 Å². The van der Waals surface area contributed by atoms with Gasteiger partial charge < -0.3 is 10.1 Å². The van der Waals surface area contributed by atoms with Gasteiger partial charge in [0.1, 0.15) is 6.61 Å². The van der Waals surface area contributed by atoms with E-state index in [0.29, 0.717) is 6.54 Å². The zero-order valence-corrected chi connectivity index (χ0v) is 14.0. The van der Waals surface area contributed by atoms with Gasteiger partial charge in [-0.1, -0.05) is 78.9 Å². The van der Waals surface area contributed by atoms with Gasteiger partial charge in [0, 0.05) is 6.54 Å². The second-order valence-corrected chi connectivity index (χ2v) is 5.58. The lowest BCUT2D eigenvalue weighted by Crippen LogP contribution is -2.24. The molecule has 1 amide bonds. The molecule has 0 unspecified atom stereocenters. The fourth-order valence-electron chi connectivity index (χ4n) is 2.13. The van der Waals surface area contributed by atoms with Gasteiger partial charge in [0.05, 0.1) is 0 Å². The van der Waals surface area contributed by atoms with E-state index in [1.807, 2.05) is 49.4 Å². The van der Waals surface area contributed by atoms with Crippen LogP contribution >= 0.6 is 0 Å². The van der Waals surface area contributed by atoms with Gasteiger partial charge in [0.2, 0.25) is 0 Å². The minimum atomic E-state index is -0.391. The highest BCUT2D eigenvalue weighted by Gasteiger charge is 2.00. The standard InChI is InChI=1S/C21H23NO2/c1-17(2)20-13-11-18(12-14-20)8-6-7-15-22-21(23)24-16-19-9-4-3-5-10-19/h3-6,8-14H,1,7,15-16H2,2H3,(H,22,23). The molecule has 2 aromatic rings. The van der Waals surface area contributed by atoms with Gasteiger partial charge in [0.25, 0.3) is 0 Å². The minimum Gasteiger partial charge on any atom is -0.445 e. The molecule has 0 aliphatic heterocycles. The number of benzene rings is 2. The highest BCUT2D eigenvalue weighted by Crippen LogP contribution is 2.13. The van der Waals surface area contributed by atoms with Crippen LogP contribution in [0.2, 0.25) is 0 Å². The predicted octanol–water partition coefficient (Wildman–Crippen LogP) is 5.05. The summed E-state index contributed by atoms with van der Waals surface area (Å²) in [4.78, 5) is 11.6. The van der Waals surface area contributed by atoms with E-state index in [1.165, 1.54) is 0 Å². The Kier molecular flexibility index (Phi) is 6.84. The fraction of sp³-hybridized carbons (Fsp3) is 0.190. The largest absolute Gasteiger partial charge is 0.445 e. The van der Waals surface area contributed by atoms with Crippen LogP contribution < -0.4 is 5.32 Å². The topological polar surface area (TPSA) is 38.3 Å². The zero-order chi connectivity index (χ0) is 17.2. The number of amides is 1. The Morgan fingerprint density at radius 1 is 1.12 bits per heavy atom. The molecule has 0 spiro atoms. The third-order valence-electron chi connectivity index (χ3n) is 3.51.